The number of rotatable bonds is 4. The van der Waals surface area contributed by atoms with Gasteiger partial charge in [-0.25, -0.2) is 9.97 Å². The van der Waals surface area contributed by atoms with Crippen molar-refractivity contribution in [3.8, 4) is 0 Å². The largest absolute Gasteiger partial charge is 0.481 e. The van der Waals surface area contributed by atoms with E-state index in [2.05, 4.69) is 26.7 Å². The van der Waals surface area contributed by atoms with E-state index in [1.54, 1.807) is 12.4 Å². The highest BCUT2D eigenvalue weighted by Crippen LogP contribution is 2.33. The molecule has 1 N–H and O–H groups in total. The molecule has 0 aliphatic carbocycles. The minimum atomic E-state index is -0.728. The lowest BCUT2D eigenvalue weighted by molar-refractivity contribution is -0.137. The van der Waals surface area contributed by atoms with Gasteiger partial charge in [-0.2, -0.15) is 0 Å². The summed E-state index contributed by atoms with van der Waals surface area (Å²) in [6.45, 7) is 4.76. The lowest BCUT2D eigenvalue weighted by Crippen LogP contribution is -2.46. The van der Waals surface area contributed by atoms with Crippen molar-refractivity contribution < 1.29 is 9.90 Å². The third-order valence-corrected chi connectivity index (χ3v) is 5.09. The number of hydrogen-bond acceptors (Lipinski definition) is 6. The van der Waals surface area contributed by atoms with Crippen LogP contribution in [0.5, 0.6) is 0 Å². The summed E-state index contributed by atoms with van der Waals surface area (Å²) in [6.07, 6.45) is 5.68. The standard InChI is InChI=1S/C17H21N5O2/c1-11-2-7-22(11)17-16-13(18-4-5-19-16)9-14(20-17)21-6-3-12(10-21)8-15(23)24/h4-5,9,11-12H,2-3,6-8,10H2,1H3,(H,23,24)/t11-,12+/m0/s1. The number of anilines is 2. The summed E-state index contributed by atoms with van der Waals surface area (Å²) in [5, 5.41) is 9.00. The van der Waals surface area contributed by atoms with E-state index in [0.717, 1.165) is 55.1 Å². The highest BCUT2D eigenvalue weighted by atomic mass is 16.4. The van der Waals surface area contributed by atoms with Gasteiger partial charge in [0.05, 0.1) is 5.52 Å². The van der Waals surface area contributed by atoms with E-state index in [1.165, 1.54) is 0 Å². The van der Waals surface area contributed by atoms with Crippen LogP contribution < -0.4 is 9.80 Å². The number of nitrogens with zero attached hydrogens (tertiary/aromatic N) is 5. The van der Waals surface area contributed by atoms with Gasteiger partial charge in [-0.15, -0.1) is 0 Å². The molecule has 2 atom stereocenters. The maximum absolute atomic E-state index is 10.9. The molecule has 0 saturated carbocycles. The molecule has 0 aromatic carbocycles. The Morgan fingerprint density at radius 2 is 2.12 bits per heavy atom. The third-order valence-electron chi connectivity index (χ3n) is 5.09. The molecule has 2 aromatic heterocycles. The van der Waals surface area contributed by atoms with Gasteiger partial charge < -0.3 is 14.9 Å². The van der Waals surface area contributed by atoms with E-state index in [9.17, 15) is 4.79 Å². The van der Waals surface area contributed by atoms with Gasteiger partial charge in [0, 0.05) is 50.6 Å². The first-order valence-electron chi connectivity index (χ1n) is 8.47. The van der Waals surface area contributed by atoms with Crippen molar-refractivity contribution >= 4 is 28.6 Å². The zero-order valence-electron chi connectivity index (χ0n) is 13.7. The Bertz CT molecular complexity index is 781. The van der Waals surface area contributed by atoms with Gasteiger partial charge in [0.15, 0.2) is 5.82 Å². The summed E-state index contributed by atoms with van der Waals surface area (Å²) in [5.41, 5.74) is 1.69. The highest BCUT2D eigenvalue weighted by Gasteiger charge is 2.30. The predicted octanol–water partition coefficient (Wildman–Crippen LogP) is 1.92. The fourth-order valence-corrected chi connectivity index (χ4v) is 3.59. The van der Waals surface area contributed by atoms with E-state index < -0.39 is 5.97 Å². The molecule has 4 rings (SSSR count). The first-order chi connectivity index (χ1) is 11.6. The second-order valence-electron chi connectivity index (χ2n) is 6.76. The maximum atomic E-state index is 10.9. The first kappa shape index (κ1) is 15.1. The predicted molar refractivity (Wildman–Crippen MR) is 91.3 cm³/mol. The van der Waals surface area contributed by atoms with Crippen LogP contribution in [0.1, 0.15) is 26.2 Å². The fourth-order valence-electron chi connectivity index (χ4n) is 3.59. The van der Waals surface area contributed by atoms with Crippen LogP contribution in [-0.2, 0) is 4.79 Å². The SMILES string of the molecule is C[C@H]1CCN1c1nc(N2CC[C@H](CC(=O)O)C2)cc2nccnc12. The molecular formula is C17H21N5O2. The summed E-state index contributed by atoms with van der Waals surface area (Å²) < 4.78 is 0. The zero-order chi connectivity index (χ0) is 16.7. The summed E-state index contributed by atoms with van der Waals surface area (Å²) in [5.74, 6) is 1.24. The summed E-state index contributed by atoms with van der Waals surface area (Å²) in [6, 6.07) is 2.44. The average Bonchev–Trinajstić information content (AvgIpc) is 3.01. The Hall–Kier alpha value is -2.44. The molecule has 2 saturated heterocycles. The number of carboxylic acid groups (broad SMARTS) is 1. The Labute approximate surface area is 140 Å². The quantitative estimate of drug-likeness (QED) is 0.918. The van der Waals surface area contributed by atoms with Crippen LogP contribution in [0.3, 0.4) is 0 Å². The minimum Gasteiger partial charge on any atom is -0.481 e. The Balaban J connectivity index is 1.68. The topological polar surface area (TPSA) is 82.5 Å². The Morgan fingerprint density at radius 1 is 1.29 bits per heavy atom. The van der Waals surface area contributed by atoms with Gasteiger partial charge in [-0.05, 0) is 25.7 Å². The lowest BCUT2D eigenvalue weighted by atomic mass is 10.1. The fraction of sp³-hybridized carbons (Fsp3) is 0.529. The number of carbonyl (C=O) groups is 1. The molecular weight excluding hydrogens is 306 g/mol. The minimum absolute atomic E-state index is 0.188. The van der Waals surface area contributed by atoms with Crippen LogP contribution in [0.2, 0.25) is 0 Å². The van der Waals surface area contributed by atoms with Crippen molar-refractivity contribution in [1.29, 1.82) is 0 Å². The van der Waals surface area contributed by atoms with Gasteiger partial charge in [0.2, 0.25) is 0 Å². The molecule has 2 aromatic rings. The van der Waals surface area contributed by atoms with Crippen LogP contribution >= 0.6 is 0 Å². The van der Waals surface area contributed by atoms with Crippen molar-refractivity contribution in [1.82, 2.24) is 15.0 Å². The van der Waals surface area contributed by atoms with Crippen molar-refractivity contribution in [3.63, 3.8) is 0 Å². The third kappa shape index (κ3) is 2.64. The molecule has 126 valence electrons. The van der Waals surface area contributed by atoms with Crippen LogP contribution in [0.25, 0.3) is 11.0 Å². The van der Waals surface area contributed by atoms with E-state index >= 15 is 0 Å². The van der Waals surface area contributed by atoms with Crippen molar-refractivity contribution in [2.45, 2.75) is 32.2 Å². The molecule has 0 bridgehead atoms. The molecule has 2 fully saturated rings. The van der Waals surface area contributed by atoms with Crippen molar-refractivity contribution in [2.75, 3.05) is 29.4 Å². The van der Waals surface area contributed by atoms with Crippen LogP contribution in [-0.4, -0.2) is 51.7 Å². The smallest absolute Gasteiger partial charge is 0.303 e. The van der Waals surface area contributed by atoms with Gasteiger partial charge in [0.1, 0.15) is 11.3 Å². The normalized spacial score (nSPS) is 23.5. The first-order valence-corrected chi connectivity index (χ1v) is 8.47. The highest BCUT2D eigenvalue weighted by molar-refractivity contribution is 5.88. The Kier molecular flexibility index (Phi) is 3.70. The molecule has 24 heavy (non-hydrogen) atoms. The Morgan fingerprint density at radius 3 is 2.83 bits per heavy atom. The van der Waals surface area contributed by atoms with Gasteiger partial charge in [-0.3, -0.25) is 9.78 Å². The molecule has 0 amide bonds. The lowest BCUT2D eigenvalue weighted by Gasteiger charge is -2.40. The molecule has 0 radical (unpaired) electrons. The monoisotopic (exact) mass is 327 g/mol. The molecule has 0 unspecified atom stereocenters. The number of carboxylic acids is 1. The van der Waals surface area contributed by atoms with E-state index in [-0.39, 0.29) is 12.3 Å². The number of aliphatic carboxylic acids is 1. The zero-order valence-corrected chi connectivity index (χ0v) is 13.7. The van der Waals surface area contributed by atoms with Crippen LogP contribution in [0.4, 0.5) is 11.6 Å². The number of hydrogen-bond donors (Lipinski definition) is 1. The second-order valence-corrected chi connectivity index (χ2v) is 6.76. The van der Waals surface area contributed by atoms with E-state index in [4.69, 9.17) is 10.1 Å². The molecule has 4 heterocycles. The summed E-state index contributed by atoms with van der Waals surface area (Å²) >= 11 is 0. The maximum Gasteiger partial charge on any atom is 0.303 e. The molecule has 0 spiro atoms. The van der Waals surface area contributed by atoms with Gasteiger partial charge >= 0.3 is 5.97 Å². The van der Waals surface area contributed by atoms with E-state index in [0.29, 0.717) is 6.04 Å². The molecule has 7 nitrogen and oxygen atoms in total. The van der Waals surface area contributed by atoms with E-state index in [1.807, 2.05) is 6.07 Å². The van der Waals surface area contributed by atoms with Crippen LogP contribution in [0, 0.1) is 5.92 Å². The number of fused-ring (bicyclic) bond motifs is 1. The van der Waals surface area contributed by atoms with Crippen LogP contribution in [0.15, 0.2) is 18.5 Å². The summed E-state index contributed by atoms with van der Waals surface area (Å²) in [4.78, 5) is 29.2. The number of aromatic nitrogens is 3. The molecule has 2 aliphatic rings. The van der Waals surface area contributed by atoms with Gasteiger partial charge in [0.25, 0.3) is 0 Å². The average molecular weight is 327 g/mol. The second kappa shape index (κ2) is 5.89. The van der Waals surface area contributed by atoms with Crippen molar-refractivity contribution in [2.24, 2.45) is 5.92 Å². The van der Waals surface area contributed by atoms with Crippen molar-refractivity contribution in [3.05, 3.63) is 18.5 Å². The number of pyridine rings is 1. The van der Waals surface area contributed by atoms with Gasteiger partial charge in [-0.1, -0.05) is 0 Å². The summed E-state index contributed by atoms with van der Waals surface area (Å²) in [7, 11) is 0. The molecule has 2 aliphatic heterocycles. The molecule has 7 heteroatoms.